The summed E-state index contributed by atoms with van der Waals surface area (Å²) in [5.74, 6) is -0.571. The van der Waals surface area contributed by atoms with Crippen molar-refractivity contribution in [2.24, 2.45) is 0 Å². The van der Waals surface area contributed by atoms with Gasteiger partial charge in [-0.2, -0.15) is 12.6 Å². The lowest BCUT2D eigenvalue weighted by atomic mass is 9.84. The Bertz CT molecular complexity index is 2140. The number of thioether (sulfide) groups is 2. The second-order valence-corrected chi connectivity index (χ2v) is 18.3. The third-order valence-electron chi connectivity index (χ3n) is 11.2. The highest BCUT2D eigenvalue weighted by molar-refractivity contribution is 8.01. The molecule has 338 valence electrons. The van der Waals surface area contributed by atoms with Crippen LogP contribution < -0.4 is 31.9 Å². The molecular formula is C53H60N6O3S3. The molecule has 0 aromatic heterocycles. The monoisotopic (exact) mass is 924 g/mol. The van der Waals surface area contributed by atoms with Crippen LogP contribution >= 0.6 is 36.2 Å². The molecule has 0 spiro atoms. The molecule has 3 amide bonds. The lowest BCUT2D eigenvalue weighted by Crippen LogP contribution is -2.58. The first kappa shape index (κ1) is 49.1. The Hall–Kier alpha value is -5.34. The average molecular weight is 925 g/mol. The molecule has 0 bridgehead atoms. The number of amides is 3. The summed E-state index contributed by atoms with van der Waals surface area (Å²) < 4.78 is -1.53. The number of nitrogens with one attached hydrogen (secondary N) is 6. The predicted molar refractivity (Wildman–Crippen MR) is 274 cm³/mol. The van der Waals surface area contributed by atoms with Gasteiger partial charge in [-0.05, 0) is 47.5 Å². The number of hydrogen-bond donors (Lipinski definition) is 7. The maximum atomic E-state index is 15.2. The van der Waals surface area contributed by atoms with Crippen molar-refractivity contribution in [3.63, 3.8) is 0 Å². The second kappa shape index (κ2) is 25.4. The molecule has 6 aromatic rings. The van der Waals surface area contributed by atoms with Crippen molar-refractivity contribution in [2.75, 3.05) is 57.5 Å². The number of carbonyl (C=O) groups excluding carboxylic acids is 3. The third-order valence-corrected chi connectivity index (χ3v) is 14.9. The molecule has 6 aromatic carbocycles. The first-order chi connectivity index (χ1) is 31.9. The Morgan fingerprint density at radius 2 is 0.723 bits per heavy atom. The van der Waals surface area contributed by atoms with Gasteiger partial charge in [0, 0.05) is 43.4 Å². The molecule has 0 radical (unpaired) electrons. The van der Waals surface area contributed by atoms with E-state index in [1.807, 2.05) is 123 Å². The van der Waals surface area contributed by atoms with Gasteiger partial charge in [0.05, 0.1) is 15.5 Å². The van der Waals surface area contributed by atoms with Crippen LogP contribution in [0.15, 0.2) is 182 Å². The van der Waals surface area contributed by atoms with Gasteiger partial charge in [-0.25, -0.2) is 0 Å². The largest absolute Gasteiger partial charge is 0.353 e. The Morgan fingerprint density at radius 1 is 0.431 bits per heavy atom. The second-order valence-electron chi connectivity index (χ2n) is 15.5. The average Bonchev–Trinajstić information content (AvgIpc) is 3.36. The molecule has 0 saturated heterocycles. The highest BCUT2D eigenvalue weighted by atomic mass is 32.2. The topological polar surface area (TPSA) is 123 Å². The number of hydrogen-bond acceptors (Lipinski definition) is 9. The van der Waals surface area contributed by atoms with Crippen molar-refractivity contribution in [2.45, 2.75) is 27.6 Å². The van der Waals surface area contributed by atoms with Crippen LogP contribution in [0.25, 0.3) is 0 Å². The van der Waals surface area contributed by atoms with Crippen molar-refractivity contribution in [1.29, 1.82) is 0 Å². The van der Waals surface area contributed by atoms with Crippen molar-refractivity contribution in [3.8, 4) is 0 Å². The lowest BCUT2D eigenvalue weighted by molar-refractivity contribution is -0.131. The summed E-state index contributed by atoms with van der Waals surface area (Å²) in [6, 6.07) is 58.8. The van der Waals surface area contributed by atoms with E-state index in [1.54, 1.807) is 23.5 Å². The van der Waals surface area contributed by atoms with Gasteiger partial charge in [-0.1, -0.05) is 182 Å². The first-order valence-corrected chi connectivity index (χ1v) is 24.6. The fourth-order valence-corrected chi connectivity index (χ4v) is 11.3. The van der Waals surface area contributed by atoms with Gasteiger partial charge in [-0.15, -0.1) is 23.5 Å². The fourth-order valence-electron chi connectivity index (χ4n) is 7.91. The van der Waals surface area contributed by atoms with E-state index in [1.165, 1.54) is 0 Å². The molecule has 6 rings (SSSR count). The normalized spacial score (nSPS) is 13.0. The van der Waals surface area contributed by atoms with Gasteiger partial charge in [-0.3, -0.25) is 14.4 Å². The van der Waals surface area contributed by atoms with E-state index in [0.29, 0.717) is 26.2 Å². The van der Waals surface area contributed by atoms with Crippen molar-refractivity contribution in [1.82, 2.24) is 31.9 Å². The SMILES string of the molecule is CNCCNC(=O)[C@H](CSC(c1ccccc1)(c1ccccc1)c1ccccc1)NC(=O)[C@H](CSC(c1ccccc1)(c1ccccc1)c1ccccc1)NC(=O)[C@H](CS)NCCNC. The molecule has 3 atom stereocenters. The maximum absolute atomic E-state index is 15.2. The summed E-state index contributed by atoms with van der Waals surface area (Å²) in [7, 11) is 3.67. The first-order valence-electron chi connectivity index (χ1n) is 22.0. The summed E-state index contributed by atoms with van der Waals surface area (Å²) in [4.78, 5) is 43.8. The quantitative estimate of drug-likeness (QED) is 0.0189. The number of carbonyl (C=O) groups is 3. The Morgan fingerprint density at radius 3 is 1.03 bits per heavy atom. The molecule has 0 fully saturated rings. The smallest absolute Gasteiger partial charge is 0.244 e. The van der Waals surface area contributed by atoms with Crippen LogP contribution in [0.5, 0.6) is 0 Å². The highest BCUT2D eigenvalue weighted by Gasteiger charge is 2.41. The number of thiol groups is 1. The molecule has 0 aliphatic rings. The van der Waals surface area contributed by atoms with Crippen LogP contribution in [-0.2, 0) is 23.9 Å². The van der Waals surface area contributed by atoms with E-state index < -0.39 is 33.5 Å². The van der Waals surface area contributed by atoms with Crippen molar-refractivity contribution < 1.29 is 14.4 Å². The number of benzene rings is 6. The number of rotatable bonds is 25. The van der Waals surface area contributed by atoms with Gasteiger partial charge in [0.2, 0.25) is 17.7 Å². The fraction of sp³-hybridized carbons (Fsp3) is 0.264. The van der Waals surface area contributed by atoms with Gasteiger partial charge >= 0.3 is 0 Å². The predicted octanol–water partition coefficient (Wildman–Crippen LogP) is 6.85. The third kappa shape index (κ3) is 12.5. The molecule has 65 heavy (non-hydrogen) atoms. The van der Waals surface area contributed by atoms with Gasteiger partial charge in [0.15, 0.2) is 0 Å². The Labute approximate surface area is 398 Å². The van der Waals surface area contributed by atoms with E-state index >= 15 is 4.79 Å². The minimum Gasteiger partial charge on any atom is -0.353 e. The molecule has 0 saturated carbocycles. The zero-order chi connectivity index (χ0) is 45.7. The van der Waals surface area contributed by atoms with Crippen LogP contribution in [0.1, 0.15) is 33.4 Å². The minimum atomic E-state index is -1.06. The minimum absolute atomic E-state index is 0.162. The molecule has 0 aliphatic carbocycles. The molecule has 0 aliphatic heterocycles. The van der Waals surface area contributed by atoms with E-state index in [9.17, 15) is 9.59 Å². The summed E-state index contributed by atoms with van der Waals surface area (Å²) in [5.41, 5.74) is 6.16. The van der Waals surface area contributed by atoms with Gasteiger partial charge in [0.1, 0.15) is 12.1 Å². The number of likely N-dealkylation sites (N-methyl/N-ethyl adjacent to an activating group) is 2. The van der Waals surface area contributed by atoms with E-state index in [0.717, 1.165) is 33.4 Å². The zero-order valence-electron chi connectivity index (χ0n) is 37.0. The van der Waals surface area contributed by atoms with Crippen LogP contribution in [0.2, 0.25) is 0 Å². The van der Waals surface area contributed by atoms with Crippen LogP contribution in [0.4, 0.5) is 0 Å². The van der Waals surface area contributed by atoms with Crippen LogP contribution in [0, 0.1) is 0 Å². The maximum Gasteiger partial charge on any atom is 0.244 e. The molecular weight excluding hydrogens is 865 g/mol. The standard InChI is InChI=1S/C53H60N6O3S3/c1-54-33-35-56-46(37-63)50(61)59-48(39-65-53(43-27-15-6-16-28-43,44-29-17-7-18-30-44)45-31-19-8-20-32-45)51(62)58-47(49(60)57-36-34-55-2)38-64-52(40-21-9-3-10-22-40,41-23-11-4-12-24-41)42-25-13-5-14-26-42/h3-32,46-48,54-56,63H,33-39H2,1-2H3,(H,57,60)(H,58,62)(H,59,61)/t46-,47-,48-/m0/s1. The molecule has 0 unspecified atom stereocenters. The van der Waals surface area contributed by atoms with Crippen LogP contribution in [-0.4, -0.2) is 93.4 Å². The van der Waals surface area contributed by atoms with Gasteiger partial charge < -0.3 is 31.9 Å². The molecule has 12 heteroatoms. The Balaban J connectivity index is 1.40. The summed E-state index contributed by atoms with van der Waals surface area (Å²) in [5, 5.41) is 18.8. The van der Waals surface area contributed by atoms with Gasteiger partial charge in [0.25, 0.3) is 0 Å². The zero-order valence-corrected chi connectivity index (χ0v) is 39.5. The molecule has 0 heterocycles. The highest BCUT2D eigenvalue weighted by Crippen LogP contribution is 2.50. The van der Waals surface area contributed by atoms with Crippen molar-refractivity contribution in [3.05, 3.63) is 215 Å². The summed E-state index contributed by atoms with van der Waals surface area (Å²) >= 11 is 7.69. The molecule has 9 nitrogen and oxygen atoms in total. The lowest BCUT2D eigenvalue weighted by Gasteiger charge is -2.37. The van der Waals surface area contributed by atoms with E-state index in [2.05, 4.69) is 117 Å². The van der Waals surface area contributed by atoms with E-state index in [4.69, 9.17) is 0 Å². The van der Waals surface area contributed by atoms with Crippen LogP contribution in [0.3, 0.4) is 0 Å². The summed E-state index contributed by atoms with van der Waals surface area (Å²) in [6.45, 7) is 2.07. The summed E-state index contributed by atoms with van der Waals surface area (Å²) in [6.07, 6.45) is 0. The Kier molecular flexibility index (Phi) is 19.2. The molecule has 6 N–H and O–H groups in total. The van der Waals surface area contributed by atoms with E-state index in [-0.39, 0.29) is 29.1 Å². The van der Waals surface area contributed by atoms with Crippen molar-refractivity contribution >= 4 is 53.9 Å².